The van der Waals surface area contributed by atoms with Crippen LogP contribution >= 0.6 is 0 Å². The zero-order valence-electron chi connectivity index (χ0n) is 14.1. The van der Waals surface area contributed by atoms with Crippen LogP contribution in [-0.2, 0) is 13.1 Å². The van der Waals surface area contributed by atoms with Crippen LogP contribution in [0.1, 0.15) is 17.0 Å². The van der Waals surface area contributed by atoms with E-state index in [4.69, 9.17) is 5.41 Å². The first kappa shape index (κ1) is 17.0. The highest BCUT2D eigenvalue weighted by molar-refractivity contribution is 5.97. The molecule has 4 heterocycles. The molecule has 4 rings (SSSR count). The Morgan fingerprint density at radius 1 is 1.19 bits per heavy atom. The van der Waals surface area contributed by atoms with E-state index in [9.17, 15) is 8.78 Å². The fourth-order valence-electron chi connectivity index (χ4n) is 2.84. The van der Waals surface area contributed by atoms with Crippen LogP contribution in [0.4, 0.5) is 14.6 Å². The lowest BCUT2D eigenvalue weighted by Gasteiger charge is -2.16. The Labute approximate surface area is 153 Å². The number of hydrogen-bond donors (Lipinski definition) is 2. The summed E-state index contributed by atoms with van der Waals surface area (Å²) in [6.07, 6.45) is 6.25. The molecule has 1 aliphatic rings. The minimum atomic E-state index is -2.81. The summed E-state index contributed by atoms with van der Waals surface area (Å²) in [6, 6.07) is 3.85. The highest BCUT2D eigenvalue weighted by atomic mass is 19.3. The number of alkyl halides is 2. The van der Waals surface area contributed by atoms with Crippen molar-refractivity contribution in [2.45, 2.75) is 19.5 Å². The molecule has 0 fully saturated rings. The van der Waals surface area contributed by atoms with E-state index in [2.05, 4.69) is 29.8 Å². The van der Waals surface area contributed by atoms with Gasteiger partial charge in [0.25, 0.3) is 6.43 Å². The number of aromatic nitrogens is 5. The molecule has 9 heteroatoms. The van der Waals surface area contributed by atoms with Crippen LogP contribution in [0, 0.1) is 5.41 Å². The van der Waals surface area contributed by atoms with E-state index in [0.717, 1.165) is 25.0 Å². The molecule has 0 aromatic carbocycles. The quantitative estimate of drug-likeness (QED) is 0.676. The van der Waals surface area contributed by atoms with Crippen LogP contribution in [0.25, 0.3) is 17.5 Å². The van der Waals surface area contributed by atoms with Gasteiger partial charge in [-0.05, 0) is 29.3 Å². The van der Waals surface area contributed by atoms with Crippen molar-refractivity contribution in [1.82, 2.24) is 24.9 Å². The van der Waals surface area contributed by atoms with Crippen LogP contribution < -0.4 is 4.90 Å². The monoisotopic (exact) mass is 367 g/mol. The molecule has 0 spiro atoms. The van der Waals surface area contributed by atoms with E-state index < -0.39 is 12.1 Å². The summed E-state index contributed by atoms with van der Waals surface area (Å²) in [6.45, 7) is 1.48. The fraction of sp³-hybridized carbons (Fsp3) is 0.167. The molecule has 0 atom stereocenters. The van der Waals surface area contributed by atoms with E-state index in [0.29, 0.717) is 17.2 Å². The maximum Gasteiger partial charge on any atom is 0.279 e. The predicted molar refractivity (Wildman–Crippen MR) is 96.5 cm³/mol. The number of rotatable bonds is 5. The number of pyridine rings is 1. The van der Waals surface area contributed by atoms with Gasteiger partial charge in [0.15, 0.2) is 0 Å². The smallest absolute Gasteiger partial charge is 0.279 e. The Bertz CT molecular complexity index is 987. The van der Waals surface area contributed by atoms with Gasteiger partial charge in [0, 0.05) is 31.5 Å². The summed E-state index contributed by atoms with van der Waals surface area (Å²) in [5, 5.41) is 7.13. The lowest BCUT2D eigenvalue weighted by Crippen LogP contribution is -2.16. The van der Waals surface area contributed by atoms with Gasteiger partial charge >= 0.3 is 0 Å². The lowest BCUT2D eigenvalue weighted by atomic mass is 10.2. The summed E-state index contributed by atoms with van der Waals surface area (Å²) >= 11 is 0. The van der Waals surface area contributed by atoms with Gasteiger partial charge in [-0.3, -0.25) is 10.4 Å². The Morgan fingerprint density at radius 2 is 2.04 bits per heavy atom. The van der Waals surface area contributed by atoms with Crippen molar-refractivity contribution in [2.24, 2.45) is 0 Å². The number of nitrogens with zero attached hydrogens (tertiary/aromatic N) is 5. The molecule has 3 aromatic heterocycles. The first-order chi connectivity index (χ1) is 13.1. The third kappa shape index (κ3) is 3.57. The summed E-state index contributed by atoms with van der Waals surface area (Å²) in [4.78, 5) is 22.0. The van der Waals surface area contributed by atoms with Crippen molar-refractivity contribution in [1.29, 1.82) is 5.41 Å². The van der Waals surface area contributed by atoms with Crippen molar-refractivity contribution in [3.05, 3.63) is 60.1 Å². The highest BCUT2D eigenvalue weighted by Gasteiger charge is 2.20. The van der Waals surface area contributed by atoms with E-state index >= 15 is 0 Å². The molecule has 0 saturated heterocycles. The van der Waals surface area contributed by atoms with E-state index in [1.807, 2.05) is 18.3 Å². The third-order valence-electron chi connectivity index (χ3n) is 4.23. The second-order valence-electron chi connectivity index (χ2n) is 6.03. The molecule has 2 N–H and O–H groups in total. The Morgan fingerprint density at radius 3 is 2.85 bits per heavy atom. The molecule has 0 bridgehead atoms. The number of halogens is 2. The Hall–Kier alpha value is -3.49. The number of imidazole rings is 1. The second-order valence-corrected chi connectivity index (χ2v) is 6.03. The molecular weight excluding hydrogens is 352 g/mol. The fourth-order valence-corrected chi connectivity index (χ4v) is 2.84. The maximum absolute atomic E-state index is 12.4. The van der Waals surface area contributed by atoms with Crippen LogP contribution in [-0.4, -0.2) is 37.1 Å². The molecule has 0 saturated carbocycles. The maximum atomic E-state index is 12.4. The minimum absolute atomic E-state index is 0.371. The highest BCUT2D eigenvalue weighted by Crippen LogP contribution is 2.27. The Balaban J connectivity index is 1.53. The normalized spacial score (nSPS) is 13.5. The van der Waals surface area contributed by atoms with Crippen LogP contribution in [0.2, 0.25) is 0 Å². The molecule has 3 aromatic rings. The van der Waals surface area contributed by atoms with Gasteiger partial charge in [0.1, 0.15) is 18.0 Å². The molecular formula is C18H15F2N7. The molecule has 0 aliphatic carbocycles. The zero-order valence-corrected chi connectivity index (χ0v) is 14.1. The van der Waals surface area contributed by atoms with Gasteiger partial charge in [0.05, 0.1) is 23.3 Å². The average Bonchev–Trinajstić information content (AvgIpc) is 3.33. The van der Waals surface area contributed by atoms with Gasteiger partial charge in [-0.1, -0.05) is 0 Å². The first-order valence-electron chi connectivity index (χ1n) is 8.19. The third-order valence-corrected chi connectivity index (χ3v) is 4.23. The summed E-state index contributed by atoms with van der Waals surface area (Å²) in [7, 11) is 0. The van der Waals surface area contributed by atoms with Crippen molar-refractivity contribution in [3.63, 3.8) is 0 Å². The summed E-state index contributed by atoms with van der Waals surface area (Å²) in [5.41, 5.74) is 2.92. The number of hydrogen-bond acceptors (Lipinski definition) is 6. The molecule has 0 unspecified atom stereocenters. The van der Waals surface area contributed by atoms with Crippen molar-refractivity contribution in [2.75, 3.05) is 4.90 Å². The minimum Gasteiger partial charge on any atom is -0.348 e. The van der Waals surface area contributed by atoms with Gasteiger partial charge < -0.3 is 9.88 Å². The number of H-pyrrole nitrogens is 1. The van der Waals surface area contributed by atoms with Crippen LogP contribution in [0.5, 0.6) is 0 Å². The number of nitrogens with one attached hydrogen (secondary N) is 2. The topological polar surface area (TPSA) is 94.4 Å². The van der Waals surface area contributed by atoms with Crippen molar-refractivity contribution < 1.29 is 8.78 Å². The van der Waals surface area contributed by atoms with E-state index in [-0.39, 0.29) is 0 Å². The first-order valence-corrected chi connectivity index (χ1v) is 8.19. The molecule has 136 valence electrons. The molecule has 7 nitrogen and oxygen atoms in total. The summed E-state index contributed by atoms with van der Waals surface area (Å²) in [5.74, 6) is 1.15. The van der Waals surface area contributed by atoms with Gasteiger partial charge in [-0.25, -0.2) is 23.7 Å². The predicted octanol–water partition coefficient (Wildman–Crippen LogP) is 3.08. The van der Waals surface area contributed by atoms with Crippen LogP contribution in [0.15, 0.2) is 43.1 Å². The molecule has 0 radical (unpaired) electrons. The number of anilines is 1. The molecule has 27 heavy (non-hydrogen) atoms. The van der Waals surface area contributed by atoms with Crippen molar-refractivity contribution >= 4 is 17.6 Å². The molecule has 0 amide bonds. The van der Waals surface area contributed by atoms with E-state index in [1.54, 1.807) is 12.4 Å². The largest absolute Gasteiger partial charge is 0.348 e. The Kier molecular flexibility index (Phi) is 4.41. The van der Waals surface area contributed by atoms with Gasteiger partial charge in [0.2, 0.25) is 0 Å². The SMILES string of the molecule is N=C(/C=C\c1ncc(-c2cc(N3Cc4ccncc4C3)ncn2)[nH]1)C(F)F. The average molecular weight is 367 g/mol. The summed E-state index contributed by atoms with van der Waals surface area (Å²) < 4.78 is 24.7. The number of aromatic amines is 1. The van der Waals surface area contributed by atoms with Crippen LogP contribution in [0.3, 0.4) is 0 Å². The standard InChI is InChI=1S/C18H15F2N7/c19-18(20)13(21)1-2-16-23-7-15(26-16)14-5-17(25-10-24-14)27-8-11-3-4-22-6-12(11)9-27/h1-7,10,18,21H,8-9H2,(H,23,26)/b2-1-,21-13?. The molecule has 1 aliphatic heterocycles. The second kappa shape index (κ2) is 7.02. The van der Waals surface area contributed by atoms with Gasteiger partial charge in [-0.15, -0.1) is 0 Å². The van der Waals surface area contributed by atoms with Crippen molar-refractivity contribution in [3.8, 4) is 11.4 Å². The van der Waals surface area contributed by atoms with Gasteiger partial charge in [-0.2, -0.15) is 0 Å². The number of allylic oxidation sites excluding steroid dienone is 1. The zero-order chi connectivity index (χ0) is 18.8. The lowest BCUT2D eigenvalue weighted by molar-refractivity contribution is 0.226. The van der Waals surface area contributed by atoms with E-state index in [1.165, 1.54) is 23.5 Å². The number of fused-ring (bicyclic) bond motifs is 1.